The summed E-state index contributed by atoms with van der Waals surface area (Å²) in [5.41, 5.74) is 3.04. The Labute approximate surface area is 171 Å². The maximum atomic E-state index is 14.3. The van der Waals surface area contributed by atoms with Gasteiger partial charge in [0.15, 0.2) is 0 Å². The molecule has 1 fully saturated rings. The standard InChI is InChI=1S/C25H28F2N2/c26-22-14-12-20(13-15-22)17-28-16-6-10-24(28)19-29(23-8-2-1-3-9-23)18-21-7-4-5-11-25(21)27/h4-7,10-16,23H,1-3,8-9,17-19H2. The lowest BCUT2D eigenvalue weighted by atomic mass is 9.93. The van der Waals surface area contributed by atoms with Crippen LogP contribution in [0.25, 0.3) is 0 Å². The molecule has 1 aliphatic carbocycles. The first-order valence-electron chi connectivity index (χ1n) is 10.5. The Balaban J connectivity index is 1.53. The van der Waals surface area contributed by atoms with Gasteiger partial charge in [0, 0.05) is 43.1 Å². The molecule has 4 rings (SSSR count). The third kappa shape index (κ3) is 5.13. The summed E-state index contributed by atoms with van der Waals surface area (Å²) in [6.45, 7) is 2.12. The third-order valence-electron chi connectivity index (χ3n) is 5.98. The monoisotopic (exact) mass is 394 g/mol. The van der Waals surface area contributed by atoms with Crippen LogP contribution in [-0.4, -0.2) is 15.5 Å². The van der Waals surface area contributed by atoms with Crippen LogP contribution < -0.4 is 0 Å². The third-order valence-corrected chi connectivity index (χ3v) is 5.98. The van der Waals surface area contributed by atoms with Crippen LogP contribution in [0.15, 0.2) is 66.9 Å². The fourth-order valence-electron chi connectivity index (χ4n) is 4.35. The van der Waals surface area contributed by atoms with Crippen molar-refractivity contribution >= 4 is 0 Å². The fraction of sp³-hybridized carbons (Fsp3) is 0.360. The minimum absolute atomic E-state index is 0.130. The molecule has 0 amide bonds. The Morgan fingerprint density at radius 2 is 1.59 bits per heavy atom. The van der Waals surface area contributed by atoms with Crippen molar-refractivity contribution in [2.75, 3.05) is 0 Å². The molecule has 3 aromatic rings. The molecule has 0 N–H and O–H groups in total. The first kappa shape index (κ1) is 19.8. The molecular formula is C25H28F2N2. The SMILES string of the molecule is Fc1ccc(Cn2cccc2CN(Cc2ccccc2F)C2CCCCC2)cc1. The summed E-state index contributed by atoms with van der Waals surface area (Å²) in [6, 6.07) is 18.4. The predicted molar refractivity (Wildman–Crippen MR) is 112 cm³/mol. The van der Waals surface area contributed by atoms with Gasteiger partial charge in [0.2, 0.25) is 0 Å². The van der Waals surface area contributed by atoms with E-state index in [4.69, 9.17) is 0 Å². The van der Waals surface area contributed by atoms with E-state index in [0.717, 1.165) is 17.7 Å². The molecule has 0 bridgehead atoms. The summed E-state index contributed by atoms with van der Waals surface area (Å²) < 4.78 is 29.8. The van der Waals surface area contributed by atoms with E-state index in [1.807, 2.05) is 24.3 Å². The Morgan fingerprint density at radius 1 is 0.828 bits per heavy atom. The molecule has 0 radical (unpaired) electrons. The second-order valence-corrected chi connectivity index (χ2v) is 8.04. The van der Waals surface area contributed by atoms with E-state index < -0.39 is 0 Å². The van der Waals surface area contributed by atoms with E-state index in [0.29, 0.717) is 19.1 Å². The molecule has 0 aliphatic heterocycles. The molecule has 1 saturated carbocycles. The zero-order chi connectivity index (χ0) is 20.1. The Kier molecular flexibility index (Phi) is 6.40. The topological polar surface area (TPSA) is 8.17 Å². The highest BCUT2D eigenvalue weighted by molar-refractivity contribution is 5.20. The molecular weight excluding hydrogens is 366 g/mol. The van der Waals surface area contributed by atoms with Crippen molar-refractivity contribution in [1.29, 1.82) is 0 Å². The average Bonchev–Trinajstić information content (AvgIpc) is 3.18. The van der Waals surface area contributed by atoms with Gasteiger partial charge in [0.05, 0.1) is 0 Å². The number of aromatic nitrogens is 1. The van der Waals surface area contributed by atoms with Crippen LogP contribution in [0.5, 0.6) is 0 Å². The largest absolute Gasteiger partial charge is 0.346 e. The summed E-state index contributed by atoms with van der Waals surface area (Å²) in [6.07, 6.45) is 8.20. The van der Waals surface area contributed by atoms with Crippen molar-refractivity contribution in [2.45, 2.75) is 57.8 Å². The molecule has 0 saturated heterocycles. The molecule has 2 aromatic carbocycles. The zero-order valence-electron chi connectivity index (χ0n) is 16.7. The van der Waals surface area contributed by atoms with Gasteiger partial charge in [-0.05, 0) is 48.7 Å². The lowest BCUT2D eigenvalue weighted by Gasteiger charge is -2.34. The maximum absolute atomic E-state index is 14.3. The van der Waals surface area contributed by atoms with Crippen LogP contribution in [0.1, 0.15) is 48.9 Å². The van der Waals surface area contributed by atoms with Gasteiger partial charge < -0.3 is 4.57 Å². The van der Waals surface area contributed by atoms with E-state index in [-0.39, 0.29) is 11.6 Å². The molecule has 1 aliphatic rings. The lowest BCUT2D eigenvalue weighted by Crippen LogP contribution is -2.36. The van der Waals surface area contributed by atoms with Crippen LogP contribution in [-0.2, 0) is 19.6 Å². The quantitative estimate of drug-likeness (QED) is 0.467. The first-order chi connectivity index (χ1) is 14.2. The molecule has 4 heteroatoms. The number of hydrogen-bond donors (Lipinski definition) is 0. The average molecular weight is 395 g/mol. The minimum atomic E-state index is -0.213. The van der Waals surface area contributed by atoms with Crippen molar-refractivity contribution in [3.8, 4) is 0 Å². The van der Waals surface area contributed by atoms with Gasteiger partial charge in [-0.1, -0.05) is 49.6 Å². The van der Waals surface area contributed by atoms with Crippen molar-refractivity contribution < 1.29 is 8.78 Å². The van der Waals surface area contributed by atoms with Gasteiger partial charge in [0.1, 0.15) is 11.6 Å². The Bertz CT molecular complexity index is 911. The van der Waals surface area contributed by atoms with E-state index in [2.05, 4.69) is 27.8 Å². The van der Waals surface area contributed by atoms with E-state index >= 15 is 0 Å². The van der Waals surface area contributed by atoms with E-state index in [1.54, 1.807) is 12.1 Å². The fourth-order valence-corrected chi connectivity index (χ4v) is 4.35. The molecule has 0 unspecified atom stereocenters. The van der Waals surface area contributed by atoms with Crippen LogP contribution in [0.2, 0.25) is 0 Å². The second-order valence-electron chi connectivity index (χ2n) is 8.04. The maximum Gasteiger partial charge on any atom is 0.127 e. The highest BCUT2D eigenvalue weighted by Gasteiger charge is 2.23. The summed E-state index contributed by atoms with van der Waals surface area (Å²) in [4.78, 5) is 2.44. The van der Waals surface area contributed by atoms with Gasteiger partial charge in [-0.15, -0.1) is 0 Å². The van der Waals surface area contributed by atoms with Crippen LogP contribution in [0.4, 0.5) is 8.78 Å². The van der Waals surface area contributed by atoms with E-state index in [9.17, 15) is 8.78 Å². The second kappa shape index (κ2) is 9.36. The van der Waals surface area contributed by atoms with Gasteiger partial charge in [-0.2, -0.15) is 0 Å². The van der Waals surface area contributed by atoms with Crippen LogP contribution in [0, 0.1) is 11.6 Å². The molecule has 29 heavy (non-hydrogen) atoms. The van der Waals surface area contributed by atoms with E-state index in [1.165, 1.54) is 49.9 Å². The summed E-state index contributed by atoms with van der Waals surface area (Å²) in [5, 5.41) is 0. The number of benzene rings is 2. The molecule has 0 spiro atoms. The Morgan fingerprint density at radius 3 is 2.34 bits per heavy atom. The summed E-state index contributed by atoms with van der Waals surface area (Å²) in [5.74, 6) is -0.343. The smallest absolute Gasteiger partial charge is 0.127 e. The van der Waals surface area contributed by atoms with Crippen molar-refractivity contribution in [2.24, 2.45) is 0 Å². The summed E-state index contributed by atoms with van der Waals surface area (Å²) >= 11 is 0. The van der Waals surface area contributed by atoms with Gasteiger partial charge in [0.25, 0.3) is 0 Å². The lowest BCUT2D eigenvalue weighted by molar-refractivity contribution is 0.135. The molecule has 152 valence electrons. The minimum Gasteiger partial charge on any atom is -0.346 e. The molecule has 0 atom stereocenters. The predicted octanol–water partition coefficient (Wildman–Crippen LogP) is 6.15. The summed E-state index contributed by atoms with van der Waals surface area (Å²) in [7, 11) is 0. The van der Waals surface area contributed by atoms with Crippen LogP contribution in [0.3, 0.4) is 0 Å². The van der Waals surface area contributed by atoms with Gasteiger partial charge >= 0.3 is 0 Å². The van der Waals surface area contributed by atoms with Crippen molar-refractivity contribution in [3.05, 3.63) is 95.3 Å². The molecule has 1 heterocycles. The number of hydrogen-bond acceptors (Lipinski definition) is 1. The number of halogens is 2. The molecule has 2 nitrogen and oxygen atoms in total. The molecule has 1 aromatic heterocycles. The van der Waals surface area contributed by atoms with Gasteiger partial charge in [-0.3, -0.25) is 4.90 Å². The highest BCUT2D eigenvalue weighted by atomic mass is 19.1. The number of rotatable bonds is 7. The highest BCUT2D eigenvalue weighted by Crippen LogP contribution is 2.26. The van der Waals surface area contributed by atoms with Crippen LogP contribution >= 0.6 is 0 Å². The van der Waals surface area contributed by atoms with Gasteiger partial charge in [-0.25, -0.2) is 8.78 Å². The van der Waals surface area contributed by atoms with Crippen molar-refractivity contribution in [3.63, 3.8) is 0 Å². The number of nitrogens with zero attached hydrogens (tertiary/aromatic N) is 2. The normalized spacial score (nSPS) is 15.1. The first-order valence-corrected chi connectivity index (χ1v) is 10.5. The Hall–Kier alpha value is -2.46. The zero-order valence-corrected chi connectivity index (χ0v) is 16.7. The van der Waals surface area contributed by atoms with Crippen molar-refractivity contribution in [1.82, 2.24) is 9.47 Å².